The van der Waals surface area contributed by atoms with Gasteiger partial charge in [0.15, 0.2) is 0 Å². The summed E-state index contributed by atoms with van der Waals surface area (Å²) in [4.78, 5) is 17.1. The van der Waals surface area contributed by atoms with E-state index >= 15 is 0 Å². The van der Waals surface area contributed by atoms with Gasteiger partial charge in [-0.25, -0.2) is 4.79 Å². The van der Waals surface area contributed by atoms with Gasteiger partial charge in [-0.2, -0.15) is 4.89 Å². The van der Waals surface area contributed by atoms with Gasteiger partial charge in [-0.1, -0.05) is 0 Å². The summed E-state index contributed by atoms with van der Waals surface area (Å²) in [5, 5.41) is 0. The number of amides is 1. The second-order valence-corrected chi connectivity index (χ2v) is 1.60. The van der Waals surface area contributed by atoms with Crippen molar-refractivity contribution in [1.82, 2.24) is 0 Å². The van der Waals surface area contributed by atoms with Gasteiger partial charge in [-0.15, -0.1) is 0 Å². The van der Waals surface area contributed by atoms with E-state index in [4.69, 9.17) is 4.89 Å². The summed E-state index contributed by atoms with van der Waals surface area (Å²) in [6.45, 7) is 0. The van der Waals surface area contributed by atoms with E-state index in [9.17, 15) is 9.36 Å². The Kier molecular flexibility index (Phi) is 1.70. The minimum Gasteiger partial charge on any atom is -0.324 e. The van der Waals surface area contributed by atoms with Crippen molar-refractivity contribution >= 4 is 13.7 Å². The van der Waals surface area contributed by atoms with Gasteiger partial charge in [0.25, 0.3) is 0 Å². The van der Waals surface area contributed by atoms with Gasteiger partial charge < -0.3 is 5.73 Å². The molecule has 0 saturated heterocycles. The van der Waals surface area contributed by atoms with Crippen molar-refractivity contribution in [1.29, 1.82) is 0 Å². The summed E-state index contributed by atoms with van der Waals surface area (Å²) in [6, 6.07) is 0. The zero-order chi connectivity index (χ0) is 5.15. The van der Waals surface area contributed by atoms with Gasteiger partial charge in [-0.05, 0) is 4.57 Å². The SMILES string of the molecule is NC(=O)[P+](=O)O. The van der Waals surface area contributed by atoms with E-state index in [1.54, 1.807) is 0 Å². The van der Waals surface area contributed by atoms with Crippen molar-refractivity contribution in [3.63, 3.8) is 0 Å². The fourth-order valence-electron chi connectivity index (χ4n) is 0. The van der Waals surface area contributed by atoms with Crippen molar-refractivity contribution in [3.05, 3.63) is 0 Å². The van der Waals surface area contributed by atoms with Crippen LogP contribution in [0.3, 0.4) is 0 Å². The summed E-state index contributed by atoms with van der Waals surface area (Å²) < 4.78 is 9.37. The first-order chi connectivity index (χ1) is 2.64. The summed E-state index contributed by atoms with van der Waals surface area (Å²) >= 11 is 0. The van der Waals surface area contributed by atoms with Gasteiger partial charge in [0, 0.05) is 0 Å². The molecule has 0 bridgehead atoms. The molecule has 0 saturated carbocycles. The molecule has 5 heteroatoms. The molecule has 0 aliphatic carbocycles. The Balaban J connectivity index is 3.57. The molecule has 1 amide bonds. The molecule has 1 unspecified atom stereocenters. The Bertz CT molecular complexity index is 76.8. The molecule has 6 heavy (non-hydrogen) atoms. The molecule has 0 aromatic heterocycles. The molecule has 34 valence electrons. The van der Waals surface area contributed by atoms with Gasteiger partial charge >= 0.3 is 13.7 Å². The quantitative estimate of drug-likeness (QED) is 0.456. The van der Waals surface area contributed by atoms with Crippen LogP contribution in [0, 0.1) is 0 Å². The van der Waals surface area contributed by atoms with Crippen molar-refractivity contribution in [3.8, 4) is 0 Å². The van der Waals surface area contributed by atoms with Gasteiger partial charge in [0.2, 0.25) is 0 Å². The van der Waals surface area contributed by atoms with Crippen LogP contribution in [-0.4, -0.2) is 10.5 Å². The van der Waals surface area contributed by atoms with Crippen molar-refractivity contribution < 1.29 is 14.3 Å². The fourth-order valence-corrected chi connectivity index (χ4v) is 0. The van der Waals surface area contributed by atoms with Crippen LogP contribution in [0.25, 0.3) is 0 Å². The van der Waals surface area contributed by atoms with Crippen molar-refractivity contribution in [2.75, 3.05) is 0 Å². The third-order valence-corrected chi connectivity index (χ3v) is 0.566. The molecule has 0 aromatic carbocycles. The standard InChI is InChI=1S/CH2NO3P/c2-1(3)6(4)5/h(H2-,2,3,4,5)/p+1. The molecule has 0 aromatic rings. The maximum absolute atomic E-state index is 9.39. The molecule has 0 spiro atoms. The summed E-state index contributed by atoms with van der Waals surface area (Å²) in [6.07, 6.45) is 0. The van der Waals surface area contributed by atoms with Gasteiger partial charge in [0.05, 0.1) is 0 Å². The predicted octanol–water partition coefficient (Wildman–Crippen LogP) is -0.200. The van der Waals surface area contributed by atoms with E-state index in [1.807, 2.05) is 0 Å². The molecule has 3 N–H and O–H groups in total. The first-order valence-corrected chi connectivity index (χ1v) is 2.31. The summed E-state index contributed by atoms with van der Waals surface area (Å²) in [5.74, 6) is 0. The number of rotatable bonds is 1. The van der Waals surface area contributed by atoms with Crippen LogP contribution in [0.2, 0.25) is 0 Å². The lowest BCUT2D eigenvalue weighted by Gasteiger charge is -1.56. The van der Waals surface area contributed by atoms with Gasteiger partial charge in [-0.3, -0.25) is 0 Å². The number of carbonyl (C=O) groups is 1. The largest absolute Gasteiger partial charge is 0.609 e. The predicted molar refractivity (Wildman–Crippen MR) is 19.4 cm³/mol. The molecule has 0 radical (unpaired) electrons. The average Bonchev–Trinajstić information content (AvgIpc) is 1.36. The summed E-state index contributed by atoms with van der Waals surface area (Å²) in [7, 11) is -2.77. The fraction of sp³-hybridized carbons (Fsp3) is 0. The van der Waals surface area contributed by atoms with E-state index < -0.39 is 13.7 Å². The molecule has 0 rings (SSSR count). The molecule has 4 nitrogen and oxygen atoms in total. The van der Waals surface area contributed by atoms with Crippen LogP contribution in [0.4, 0.5) is 4.79 Å². The third-order valence-electron chi connectivity index (χ3n) is 0.189. The second kappa shape index (κ2) is 1.85. The van der Waals surface area contributed by atoms with Crippen LogP contribution < -0.4 is 5.73 Å². The third kappa shape index (κ3) is 1.81. The Morgan fingerprint density at radius 1 is 1.83 bits per heavy atom. The van der Waals surface area contributed by atoms with Crippen LogP contribution in [0.1, 0.15) is 0 Å². The summed E-state index contributed by atoms with van der Waals surface area (Å²) in [5.41, 5.74) is 3.09. The number of nitrogens with two attached hydrogens (primary N) is 1. The van der Waals surface area contributed by atoms with E-state index in [2.05, 4.69) is 5.73 Å². The maximum atomic E-state index is 9.39. The Labute approximate surface area is 34.8 Å². The van der Waals surface area contributed by atoms with Crippen LogP contribution in [0.15, 0.2) is 0 Å². The van der Waals surface area contributed by atoms with E-state index in [0.29, 0.717) is 0 Å². The van der Waals surface area contributed by atoms with E-state index in [-0.39, 0.29) is 0 Å². The normalized spacial score (nSPS) is 10.5. The first-order valence-electron chi connectivity index (χ1n) is 1.10. The smallest absolute Gasteiger partial charge is 0.324 e. The monoisotopic (exact) mass is 108 g/mol. The topological polar surface area (TPSA) is 80.4 Å². The first kappa shape index (κ1) is 5.53. The molecular formula is CH3NO3P+. The molecule has 0 heterocycles. The van der Waals surface area contributed by atoms with Crippen LogP contribution in [-0.2, 0) is 4.57 Å². The lowest BCUT2D eigenvalue weighted by molar-refractivity contribution is 0.263. The Hall–Kier alpha value is -0.470. The molecule has 0 fully saturated rings. The molecule has 0 aliphatic heterocycles. The van der Waals surface area contributed by atoms with Gasteiger partial charge in [0.1, 0.15) is 0 Å². The molecule has 0 aliphatic rings. The lowest BCUT2D eigenvalue weighted by Crippen LogP contribution is -2.00. The zero-order valence-corrected chi connectivity index (χ0v) is 3.68. The van der Waals surface area contributed by atoms with Crippen molar-refractivity contribution in [2.24, 2.45) is 5.73 Å². The highest BCUT2D eigenvalue weighted by Crippen LogP contribution is 2.09. The second-order valence-electron chi connectivity index (χ2n) is 0.611. The number of hydrogen-bond donors (Lipinski definition) is 2. The van der Waals surface area contributed by atoms with Crippen LogP contribution in [0.5, 0.6) is 0 Å². The Morgan fingerprint density at radius 2 is 2.00 bits per heavy atom. The minimum atomic E-state index is -2.77. The van der Waals surface area contributed by atoms with Crippen LogP contribution >= 0.6 is 8.03 Å². The lowest BCUT2D eigenvalue weighted by atomic mass is 11.5. The minimum absolute atomic E-state index is 1.18. The van der Waals surface area contributed by atoms with E-state index in [1.165, 1.54) is 0 Å². The molecule has 1 atom stereocenters. The van der Waals surface area contributed by atoms with E-state index in [0.717, 1.165) is 0 Å². The maximum Gasteiger partial charge on any atom is 0.609 e. The highest BCUT2D eigenvalue weighted by Gasteiger charge is 2.19. The highest BCUT2D eigenvalue weighted by molar-refractivity contribution is 7.57. The Morgan fingerprint density at radius 3 is 2.00 bits per heavy atom. The number of carbonyl (C=O) groups excluding carboxylic acids is 1. The highest BCUT2D eigenvalue weighted by atomic mass is 31.1. The number of primary amides is 1. The number of hydrogen-bond acceptors (Lipinski definition) is 2. The molecular weight excluding hydrogens is 105 g/mol. The van der Waals surface area contributed by atoms with Crippen molar-refractivity contribution in [2.45, 2.75) is 0 Å². The average molecular weight is 108 g/mol. The zero-order valence-electron chi connectivity index (χ0n) is 2.79.